The monoisotopic (exact) mass is 266 g/mol. The summed E-state index contributed by atoms with van der Waals surface area (Å²) in [6.07, 6.45) is 2.89. The molecule has 0 spiro atoms. The zero-order valence-corrected chi connectivity index (χ0v) is 11.9. The van der Waals surface area contributed by atoms with Crippen LogP contribution in [0.2, 0.25) is 0 Å². The molecular weight excluding hydrogens is 244 g/mol. The molecule has 0 radical (unpaired) electrons. The smallest absolute Gasteiger partial charge is 0.236 e. The fourth-order valence-corrected chi connectivity index (χ4v) is 1.49. The lowest BCUT2D eigenvalue weighted by atomic mass is 9.88. The summed E-state index contributed by atoms with van der Waals surface area (Å²) >= 11 is 0. The van der Waals surface area contributed by atoms with Crippen molar-refractivity contribution in [2.24, 2.45) is 5.41 Å². The third-order valence-corrected chi connectivity index (χ3v) is 3.08. The number of hydrogen-bond acceptors (Lipinski definition) is 5. The SMILES string of the molecule is CC(NC(C[N+](=O)[O-])Nc1cccnc1)C(C)(C)C. The standard InChI is InChI=1S/C13H22N4O2/c1-10(13(2,3)4)15-12(9-17(18)19)16-11-6-5-7-14-8-11/h5-8,10,12,15-16H,9H2,1-4H3. The van der Waals surface area contributed by atoms with Crippen LogP contribution < -0.4 is 10.6 Å². The summed E-state index contributed by atoms with van der Waals surface area (Å²) in [5, 5.41) is 17.1. The number of anilines is 1. The van der Waals surface area contributed by atoms with Crippen LogP contribution in [0.3, 0.4) is 0 Å². The van der Waals surface area contributed by atoms with Crippen molar-refractivity contribution >= 4 is 5.69 Å². The molecule has 0 aliphatic heterocycles. The van der Waals surface area contributed by atoms with Crippen LogP contribution >= 0.6 is 0 Å². The Bertz CT molecular complexity index is 403. The molecule has 1 aromatic heterocycles. The van der Waals surface area contributed by atoms with Crippen LogP contribution in [0.25, 0.3) is 0 Å². The van der Waals surface area contributed by atoms with E-state index >= 15 is 0 Å². The molecule has 0 saturated heterocycles. The number of rotatable bonds is 6. The molecule has 1 rings (SSSR count). The lowest BCUT2D eigenvalue weighted by Gasteiger charge is -2.31. The summed E-state index contributed by atoms with van der Waals surface area (Å²) in [6, 6.07) is 3.77. The number of nitro groups is 1. The first-order chi connectivity index (χ1) is 8.79. The first-order valence-corrected chi connectivity index (χ1v) is 6.33. The van der Waals surface area contributed by atoms with Crippen molar-refractivity contribution in [2.45, 2.75) is 39.9 Å². The summed E-state index contributed by atoms with van der Waals surface area (Å²) in [6.45, 7) is 8.13. The normalized spacial score (nSPS) is 14.7. The van der Waals surface area contributed by atoms with Crippen LogP contribution in [0.1, 0.15) is 27.7 Å². The molecule has 2 atom stereocenters. The second-order valence-corrected chi connectivity index (χ2v) is 5.71. The molecule has 1 heterocycles. The predicted octanol–water partition coefficient (Wildman–Crippen LogP) is 2.12. The maximum Gasteiger partial charge on any atom is 0.236 e. The number of aromatic nitrogens is 1. The Morgan fingerprint density at radius 3 is 2.63 bits per heavy atom. The van der Waals surface area contributed by atoms with Gasteiger partial charge in [0, 0.05) is 23.4 Å². The van der Waals surface area contributed by atoms with Gasteiger partial charge in [0.2, 0.25) is 6.54 Å². The van der Waals surface area contributed by atoms with E-state index in [1.807, 2.05) is 13.0 Å². The van der Waals surface area contributed by atoms with E-state index in [2.05, 4.69) is 36.4 Å². The largest absolute Gasteiger partial charge is 0.363 e. The molecule has 0 aliphatic carbocycles. The molecule has 0 bridgehead atoms. The van der Waals surface area contributed by atoms with E-state index in [1.165, 1.54) is 0 Å². The van der Waals surface area contributed by atoms with Crippen molar-refractivity contribution in [1.29, 1.82) is 0 Å². The molecule has 0 fully saturated rings. The number of pyridine rings is 1. The third kappa shape index (κ3) is 5.65. The van der Waals surface area contributed by atoms with Gasteiger partial charge >= 0.3 is 0 Å². The molecule has 2 N–H and O–H groups in total. The molecule has 6 nitrogen and oxygen atoms in total. The zero-order chi connectivity index (χ0) is 14.5. The van der Waals surface area contributed by atoms with Crippen molar-refractivity contribution in [3.05, 3.63) is 34.6 Å². The Balaban J connectivity index is 2.70. The molecule has 0 saturated carbocycles. The van der Waals surface area contributed by atoms with Crippen LogP contribution in [0.5, 0.6) is 0 Å². The van der Waals surface area contributed by atoms with Gasteiger partial charge in [0.15, 0.2) is 0 Å². The molecule has 19 heavy (non-hydrogen) atoms. The quantitative estimate of drug-likeness (QED) is 0.468. The Kier molecular flexibility index (Phi) is 5.23. The molecule has 0 aromatic carbocycles. The molecule has 2 unspecified atom stereocenters. The van der Waals surface area contributed by atoms with Crippen molar-refractivity contribution in [1.82, 2.24) is 10.3 Å². The van der Waals surface area contributed by atoms with E-state index < -0.39 is 6.17 Å². The summed E-state index contributed by atoms with van der Waals surface area (Å²) in [7, 11) is 0. The zero-order valence-electron chi connectivity index (χ0n) is 11.9. The van der Waals surface area contributed by atoms with Crippen molar-refractivity contribution in [3.8, 4) is 0 Å². The first-order valence-electron chi connectivity index (χ1n) is 6.33. The van der Waals surface area contributed by atoms with Gasteiger partial charge in [0.1, 0.15) is 6.17 Å². The van der Waals surface area contributed by atoms with E-state index in [9.17, 15) is 10.1 Å². The van der Waals surface area contributed by atoms with Gasteiger partial charge in [0.05, 0.1) is 5.69 Å². The highest BCUT2D eigenvalue weighted by molar-refractivity contribution is 5.40. The topological polar surface area (TPSA) is 80.1 Å². The Morgan fingerprint density at radius 1 is 1.47 bits per heavy atom. The maximum atomic E-state index is 10.7. The van der Waals surface area contributed by atoms with E-state index in [1.54, 1.807) is 18.5 Å². The molecule has 1 aromatic rings. The van der Waals surface area contributed by atoms with Gasteiger partial charge in [0.25, 0.3) is 0 Å². The van der Waals surface area contributed by atoms with Gasteiger partial charge in [-0.15, -0.1) is 0 Å². The van der Waals surface area contributed by atoms with Crippen molar-refractivity contribution in [3.63, 3.8) is 0 Å². The highest BCUT2D eigenvalue weighted by atomic mass is 16.6. The Hall–Kier alpha value is -1.69. The predicted molar refractivity (Wildman–Crippen MR) is 75.6 cm³/mol. The van der Waals surface area contributed by atoms with Crippen LogP contribution in [0.4, 0.5) is 5.69 Å². The fraction of sp³-hybridized carbons (Fsp3) is 0.615. The van der Waals surface area contributed by atoms with Crippen LogP contribution in [0.15, 0.2) is 24.5 Å². The molecule has 0 amide bonds. The van der Waals surface area contributed by atoms with Gasteiger partial charge in [-0.1, -0.05) is 20.8 Å². The lowest BCUT2D eigenvalue weighted by molar-refractivity contribution is -0.482. The summed E-state index contributed by atoms with van der Waals surface area (Å²) in [4.78, 5) is 14.4. The summed E-state index contributed by atoms with van der Waals surface area (Å²) < 4.78 is 0. The van der Waals surface area contributed by atoms with E-state index in [0.29, 0.717) is 0 Å². The lowest BCUT2D eigenvalue weighted by Crippen LogP contribution is -2.50. The van der Waals surface area contributed by atoms with Crippen molar-refractivity contribution in [2.75, 3.05) is 11.9 Å². The highest BCUT2D eigenvalue weighted by Crippen LogP contribution is 2.19. The van der Waals surface area contributed by atoms with Gasteiger partial charge < -0.3 is 5.32 Å². The maximum absolute atomic E-state index is 10.7. The first kappa shape index (κ1) is 15.4. The van der Waals surface area contributed by atoms with Gasteiger partial charge in [-0.3, -0.25) is 20.4 Å². The summed E-state index contributed by atoms with van der Waals surface area (Å²) in [5.74, 6) is 0. The van der Waals surface area contributed by atoms with Crippen LogP contribution in [0, 0.1) is 15.5 Å². The molecule has 6 heteroatoms. The number of nitrogens with zero attached hydrogens (tertiary/aromatic N) is 2. The average Bonchev–Trinajstić information content (AvgIpc) is 2.28. The van der Waals surface area contributed by atoms with Gasteiger partial charge in [-0.05, 0) is 24.5 Å². The highest BCUT2D eigenvalue weighted by Gasteiger charge is 2.25. The average molecular weight is 266 g/mol. The third-order valence-electron chi connectivity index (χ3n) is 3.08. The number of nitrogens with one attached hydrogen (secondary N) is 2. The van der Waals surface area contributed by atoms with E-state index in [4.69, 9.17) is 0 Å². The molecule has 106 valence electrons. The Morgan fingerprint density at radius 2 is 2.16 bits per heavy atom. The minimum Gasteiger partial charge on any atom is -0.363 e. The van der Waals surface area contributed by atoms with E-state index in [-0.39, 0.29) is 22.9 Å². The van der Waals surface area contributed by atoms with Crippen molar-refractivity contribution < 1.29 is 4.92 Å². The van der Waals surface area contributed by atoms with E-state index in [0.717, 1.165) is 5.69 Å². The summed E-state index contributed by atoms with van der Waals surface area (Å²) in [5.41, 5.74) is 0.800. The number of hydrogen-bond donors (Lipinski definition) is 2. The fourth-order valence-electron chi connectivity index (χ4n) is 1.49. The molecule has 0 aliphatic rings. The minimum absolute atomic E-state index is 0.0332. The van der Waals surface area contributed by atoms with Crippen LogP contribution in [-0.4, -0.2) is 28.7 Å². The second kappa shape index (κ2) is 6.47. The van der Waals surface area contributed by atoms with Gasteiger partial charge in [-0.25, -0.2) is 0 Å². The minimum atomic E-state index is -0.423. The van der Waals surface area contributed by atoms with Crippen LogP contribution in [-0.2, 0) is 0 Å². The van der Waals surface area contributed by atoms with Gasteiger partial charge in [-0.2, -0.15) is 0 Å². The molecular formula is C13H22N4O2. The second-order valence-electron chi connectivity index (χ2n) is 5.71. The Labute approximate surface area is 113 Å².